The number of nitrogens with zero attached hydrogens (tertiary/aromatic N) is 2. The normalized spacial score (nSPS) is 11.7. The van der Waals surface area contributed by atoms with Crippen LogP contribution in [0.3, 0.4) is 0 Å². The molecule has 0 spiro atoms. The largest absolute Gasteiger partial charge is 0.416 e. The molecule has 0 saturated heterocycles. The summed E-state index contributed by atoms with van der Waals surface area (Å²) in [5.41, 5.74) is -3.03. The lowest BCUT2D eigenvalue weighted by Gasteiger charge is -2.16. The molecule has 4 rings (SSSR count). The number of Topliss-reactive ketones (excluding diaryl/α,β-unsaturated/α-hetero) is 1. The van der Waals surface area contributed by atoms with Crippen molar-refractivity contribution in [1.29, 1.82) is 0 Å². The second-order valence-electron chi connectivity index (χ2n) is 7.47. The molecule has 0 unspecified atom stereocenters. The van der Waals surface area contributed by atoms with Gasteiger partial charge in [0, 0.05) is 5.56 Å². The molecule has 0 atom stereocenters. The van der Waals surface area contributed by atoms with Gasteiger partial charge in [-0.15, -0.1) is 0 Å². The zero-order chi connectivity index (χ0) is 24.6. The number of aliphatic hydroxyl groups is 1. The van der Waals surface area contributed by atoms with Gasteiger partial charge in [0.1, 0.15) is 12.4 Å². The van der Waals surface area contributed by atoms with Crippen molar-refractivity contribution in [1.82, 2.24) is 9.13 Å². The minimum Gasteiger partial charge on any atom is -0.388 e. The zero-order valence-electron chi connectivity index (χ0n) is 17.3. The quantitative estimate of drug-likeness (QED) is 0.356. The maximum Gasteiger partial charge on any atom is 0.416 e. The fourth-order valence-corrected chi connectivity index (χ4v) is 3.62. The molecule has 4 aromatic rings. The number of fused-ring (bicyclic) bond motifs is 1. The lowest BCUT2D eigenvalue weighted by molar-refractivity contribution is -0.137. The molecule has 0 saturated carbocycles. The van der Waals surface area contributed by atoms with Gasteiger partial charge in [-0.2, -0.15) is 13.2 Å². The van der Waals surface area contributed by atoms with Crippen molar-refractivity contribution in [2.75, 3.05) is 6.61 Å². The van der Waals surface area contributed by atoms with Gasteiger partial charge in [0.25, 0.3) is 5.56 Å². The number of carbonyl (C=O) groups is 1. The van der Waals surface area contributed by atoms with Crippen LogP contribution in [0.25, 0.3) is 16.6 Å². The molecule has 6 nitrogen and oxygen atoms in total. The smallest absolute Gasteiger partial charge is 0.388 e. The number of aromatic nitrogens is 2. The first-order chi connectivity index (χ1) is 16.1. The average molecular weight is 472 g/mol. The van der Waals surface area contributed by atoms with Crippen LogP contribution in [-0.4, -0.2) is 26.6 Å². The highest BCUT2D eigenvalue weighted by atomic mass is 19.4. The molecule has 1 aromatic heterocycles. The molecule has 1 N–H and O–H groups in total. The van der Waals surface area contributed by atoms with E-state index >= 15 is 0 Å². The highest BCUT2D eigenvalue weighted by Gasteiger charge is 2.32. The maximum atomic E-state index is 14.6. The Bertz CT molecular complexity index is 1520. The summed E-state index contributed by atoms with van der Waals surface area (Å²) in [5, 5.41) is 8.98. The van der Waals surface area contributed by atoms with Crippen molar-refractivity contribution in [3.63, 3.8) is 0 Å². The number of carbonyl (C=O) groups excluding carboxylic acids is 1. The summed E-state index contributed by atoms with van der Waals surface area (Å²) in [7, 11) is 0. The van der Waals surface area contributed by atoms with Gasteiger partial charge in [-0.3, -0.25) is 14.2 Å². The lowest BCUT2D eigenvalue weighted by atomic mass is 10.1. The Labute approximate surface area is 188 Å². The van der Waals surface area contributed by atoms with Gasteiger partial charge in [-0.1, -0.05) is 36.4 Å². The van der Waals surface area contributed by atoms with Crippen molar-refractivity contribution in [3.05, 3.63) is 110 Å². The zero-order valence-corrected chi connectivity index (χ0v) is 17.3. The first-order valence-electron chi connectivity index (χ1n) is 9.96. The Hall–Kier alpha value is -4.05. The minimum absolute atomic E-state index is 0.00555. The molecule has 3 aromatic carbocycles. The molecule has 0 amide bonds. The second kappa shape index (κ2) is 8.71. The van der Waals surface area contributed by atoms with Crippen LogP contribution in [0.2, 0.25) is 0 Å². The van der Waals surface area contributed by atoms with E-state index in [1.807, 2.05) is 0 Å². The summed E-state index contributed by atoms with van der Waals surface area (Å²) in [6.45, 7) is -0.787. The summed E-state index contributed by atoms with van der Waals surface area (Å²) >= 11 is 0. The number of hydrogen-bond donors (Lipinski definition) is 1. The van der Waals surface area contributed by atoms with Gasteiger partial charge in [0.05, 0.1) is 28.7 Å². The summed E-state index contributed by atoms with van der Waals surface area (Å²) in [6.07, 6.45) is -4.81. The Kier molecular flexibility index (Phi) is 5.92. The summed E-state index contributed by atoms with van der Waals surface area (Å²) in [5.74, 6) is -1.66. The first-order valence-corrected chi connectivity index (χ1v) is 9.96. The van der Waals surface area contributed by atoms with Crippen LogP contribution < -0.4 is 11.2 Å². The number of para-hydroxylation sites is 1. The van der Waals surface area contributed by atoms with Gasteiger partial charge in [0.2, 0.25) is 0 Å². The lowest BCUT2D eigenvalue weighted by Crippen LogP contribution is -2.39. The van der Waals surface area contributed by atoms with E-state index in [1.165, 1.54) is 42.5 Å². The van der Waals surface area contributed by atoms with Crippen molar-refractivity contribution in [2.45, 2.75) is 12.7 Å². The number of ketones is 1. The Morgan fingerprint density at radius 1 is 0.941 bits per heavy atom. The monoisotopic (exact) mass is 472 g/mol. The van der Waals surface area contributed by atoms with Crippen molar-refractivity contribution >= 4 is 16.7 Å². The number of rotatable bonds is 5. The van der Waals surface area contributed by atoms with Gasteiger partial charge >= 0.3 is 11.9 Å². The summed E-state index contributed by atoms with van der Waals surface area (Å²) in [6, 6.07) is 13.4. The minimum atomic E-state index is -4.81. The van der Waals surface area contributed by atoms with E-state index in [9.17, 15) is 31.9 Å². The van der Waals surface area contributed by atoms with Gasteiger partial charge in [-0.05, 0) is 35.9 Å². The molecule has 0 fully saturated rings. The Balaban J connectivity index is 1.94. The van der Waals surface area contributed by atoms with E-state index < -0.39 is 46.9 Å². The van der Waals surface area contributed by atoms with Crippen molar-refractivity contribution in [3.8, 4) is 5.69 Å². The van der Waals surface area contributed by atoms with Crippen molar-refractivity contribution in [2.24, 2.45) is 0 Å². The number of aliphatic hydroxyl groups excluding tert-OH is 1. The SMILES string of the molecule is O=C(CO)c1ccc(Cn2c(=O)n(-c3cc(C(F)(F)F)ccc3F)c(=O)c3ccccc32)cc1. The predicted octanol–water partition coefficient (Wildman–Crippen LogP) is 3.53. The van der Waals surface area contributed by atoms with Crippen LogP contribution in [0.4, 0.5) is 17.6 Å². The number of hydrogen-bond acceptors (Lipinski definition) is 4. The third-order valence-corrected chi connectivity index (χ3v) is 5.33. The van der Waals surface area contributed by atoms with Crippen LogP contribution in [0.15, 0.2) is 76.3 Å². The molecule has 0 aliphatic carbocycles. The molecule has 1 heterocycles. The first kappa shape index (κ1) is 23.1. The summed E-state index contributed by atoms with van der Waals surface area (Å²) in [4.78, 5) is 38.0. The summed E-state index contributed by atoms with van der Waals surface area (Å²) < 4.78 is 55.8. The molecule has 0 bridgehead atoms. The van der Waals surface area contributed by atoms with E-state index in [0.717, 1.165) is 4.57 Å². The molecule has 34 heavy (non-hydrogen) atoms. The van der Waals surface area contributed by atoms with Crippen LogP contribution in [0.1, 0.15) is 21.5 Å². The average Bonchev–Trinajstić information content (AvgIpc) is 2.82. The number of benzene rings is 3. The van der Waals surface area contributed by atoms with Crippen molar-refractivity contribution < 1.29 is 27.5 Å². The fraction of sp³-hybridized carbons (Fsp3) is 0.125. The second-order valence-corrected chi connectivity index (χ2v) is 7.47. The maximum absolute atomic E-state index is 14.6. The number of halogens is 4. The number of alkyl halides is 3. The standard InChI is InChI=1S/C24H16F4N2O4/c25-18-10-9-16(24(26,27)28)11-20(18)30-22(33)17-3-1-2-4-19(17)29(23(30)34)12-14-5-7-15(8-6-14)21(32)13-31/h1-11,31H,12-13H2. The molecule has 174 valence electrons. The third kappa shape index (κ3) is 4.15. The predicted molar refractivity (Wildman–Crippen MR) is 116 cm³/mol. The van der Waals surface area contributed by atoms with Crippen LogP contribution in [0, 0.1) is 5.82 Å². The Morgan fingerprint density at radius 2 is 1.62 bits per heavy atom. The highest BCUT2D eigenvalue weighted by Crippen LogP contribution is 2.31. The molecule has 0 aliphatic heterocycles. The Morgan fingerprint density at radius 3 is 2.26 bits per heavy atom. The third-order valence-electron chi connectivity index (χ3n) is 5.33. The molecule has 0 radical (unpaired) electrons. The van der Waals surface area contributed by atoms with Crippen LogP contribution >= 0.6 is 0 Å². The van der Waals surface area contributed by atoms with E-state index in [2.05, 4.69) is 0 Å². The van der Waals surface area contributed by atoms with E-state index in [0.29, 0.717) is 28.3 Å². The van der Waals surface area contributed by atoms with E-state index in [4.69, 9.17) is 5.11 Å². The van der Waals surface area contributed by atoms with E-state index in [-0.39, 0.29) is 23.0 Å². The molecule has 0 aliphatic rings. The van der Waals surface area contributed by atoms with Crippen LogP contribution in [0.5, 0.6) is 0 Å². The fourth-order valence-electron chi connectivity index (χ4n) is 3.62. The van der Waals surface area contributed by atoms with E-state index in [1.54, 1.807) is 6.07 Å². The molecular formula is C24H16F4N2O4. The topological polar surface area (TPSA) is 81.3 Å². The van der Waals surface area contributed by atoms with Gasteiger partial charge < -0.3 is 5.11 Å². The highest BCUT2D eigenvalue weighted by molar-refractivity contribution is 5.96. The molecular weight excluding hydrogens is 456 g/mol. The van der Waals surface area contributed by atoms with Gasteiger partial charge in [0.15, 0.2) is 5.78 Å². The van der Waals surface area contributed by atoms with Gasteiger partial charge in [-0.25, -0.2) is 13.8 Å². The van der Waals surface area contributed by atoms with Crippen LogP contribution in [-0.2, 0) is 12.7 Å². The molecule has 10 heteroatoms.